The van der Waals surface area contributed by atoms with Gasteiger partial charge in [0, 0.05) is 25.9 Å². The lowest BCUT2D eigenvalue weighted by molar-refractivity contribution is 0.0614. The van der Waals surface area contributed by atoms with Gasteiger partial charge in [0.05, 0.1) is 19.8 Å². The second kappa shape index (κ2) is 9.15. The van der Waals surface area contributed by atoms with Gasteiger partial charge in [0.1, 0.15) is 12.4 Å². The number of carbonyl (C=O) groups excluding carboxylic acids is 1. The Balaban J connectivity index is 1.89. The number of rotatable bonds is 7. The van der Waals surface area contributed by atoms with E-state index < -0.39 is 17.1 Å². The molecule has 0 spiro atoms. The molecule has 4 rings (SSSR count). The Morgan fingerprint density at radius 2 is 1.66 bits per heavy atom. The summed E-state index contributed by atoms with van der Waals surface area (Å²) < 4.78 is 12.0. The summed E-state index contributed by atoms with van der Waals surface area (Å²) in [4.78, 5) is 26.8. The van der Waals surface area contributed by atoms with Gasteiger partial charge in [-0.05, 0) is 23.3 Å². The number of nitrogens with zero attached hydrogens (tertiary/aromatic N) is 3. The van der Waals surface area contributed by atoms with Crippen LogP contribution >= 0.6 is 0 Å². The molecule has 1 aliphatic rings. The Kier molecular flexibility index (Phi) is 6.13. The predicted octanol–water partition coefficient (Wildman–Crippen LogP) is 2.35. The van der Waals surface area contributed by atoms with Gasteiger partial charge in [0.25, 0.3) is 5.91 Å². The van der Waals surface area contributed by atoms with Gasteiger partial charge < -0.3 is 19.5 Å². The third-order valence-electron chi connectivity index (χ3n) is 5.55. The molecule has 3 aromatic rings. The van der Waals surface area contributed by atoms with Gasteiger partial charge in [-0.25, -0.2) is 0 Å². The zero-order valence-electron chi connectivity index (χ0n) is 18.0. The maximum absolute atomic E-state index is 13.1. The van der Waals surface area contributed by atoms with Crippen LogP contribution in [0.2, 0.25) is 0 Å². The maximum Gasteiger partial charge on any atom is 0.277 e. The molecule has 0 saturated carbocycles. The molecule has 8 heteroatoms. The molecule has 1 aromatic heterocycles. The Morgan fingerprint density at radius 1 is 0.969 bits per heavy atom. The molecular weight excluding hydrogens is 410 g/mol. The van der Waals surface area contributed by atoms with E-state index in [0.29, 0.717) is 13.2 Å². The van der Waals surface area contributed by atoms with Crippen molar-refractivity contribution in [3.8, 4) is 11.5 Å². The minimum atomic E-state index is -0.598. The Bertz CT molecular complexity index is 1140. The number of ether oxygens (including phenoxy) is 2. The Hall–Kier alpha value is -3.78. The minimum absolute atomic E-state index is 0.0608. The summed E-state index contributed by atoms with van der Waals surface area (Å²) in [5.74, 6) is -0.251. The first-order valence-electron chi connectivity index (χ1n) is 10.2. The lowest BCUT2D eigenvalue weighted by Gasteiger charge is -2.44. The summed E-state index contributed by atoms with van der Waals surface area (Å²) in [6.07, 6.45) is 1.53. The highest BCUT2D eigenvalue weighted by Gasteiger charge is 2.36. The summed E-state index contributed by atoms with van der Waals surface area (Å²) in [7, 11) is 3.18. The molecule has 8 nitrogen and oxygen atoms in total. The van der Waals surface area contributed by atoms with E-state index in [1.807, 2.05) is 59.6 Å². The Morgan fingerprint density at radius 3 is 2.31 bits per heavy atom. The van der Waals surface area contributed by atoms with Gasteiger partial charge in [0.15, 0.2) is 11.4 Å². The van der Waals surface area contributed by atoms with Gasteiger partial charge in [0.2, 0.25) is 5.43 Å². The molecule has 1 atom stereocenters. The van der Waals surface area contributed by atoms with Gasteiger partial charge in [-0.2, -0.15) is 0 Å². The average Bonchev–Trinajstić information content (AvgIpc) is 2.83. The van der Waals surface area contributed by atoms with Crippen LogP contribution in [0.4, 0.5) is 0 Å². The first-order valence-corrected chi connectivity index (χ1v) is 10.2. The number of aromatic hydroxyl groups is 1. The molecule has 0 bridgehead atoms. The van der Waals surface area contributed by atoms with Crippen molar-refractivity contribution in [2.24, 2.45) is 0 Å². The second-order valence-corrected chi connectivity index (χ2v) is 7.45. The zero-order chi connectivity index (χ0) is 22.7. The maximum atomic E-state index is 13.1. The molecular formula is C24H25N3O5. The summed E-state index contributed by atoms with van der Waals surface area (Å²) in [6, 6.07) is 18.5. The van der Waals surface area contributed by atoms with Crippen LogP contribution in [-0.2, 0) is 4.74 Å². The fourth-order valence-electron chi connectivity index (χ4n) is 3.93. The van der Waals surface area contributed by atoms with E-state index in [4.69, 9.17) is 9.47 Å². The van der Waals surface area contributed by atoms with E-state index >= 15 is 0 Å². The third kappa shape index (κ3) is 3.92. The quantitative estimate of drug-likeness (QED) is 0.613. The molecule has 2 heterocycles. The second-order valence-electron chi connectivity index (χ2n) is 7.45. The fourth-order valence-corrected chi connectivity index (χ4v) is 3.93. The SMILES string of the molecule is COCCN1CN(C(c2ccccc2)c2ccc(OC)cc2)n2ccc(=O)c(O)c2C1=O. The molecule has 1 amide bonds. The van der Waals surface area contributed by atoms with E-state index in [2.05, 4.69) is 0 Å². The van der Waals surface area contributed by atoms with Crippen LogP contribution < -0.4 is 15.2 Å². The first-order chi connectivity index (χ1) is 15.5. The topological polar surface area (TPSA) is 84.2 Å². The smallest absolute Gasteiger partial charge is 0.277 e. The van der Waals surface area contributed by atoms with Crippen molar-refractivity contribution in [3.63, 3.8) is 0 Å². The van der Waals surface area contributed by atoms with Crippen LogP contribution in [-0.4, -0.2) is 54.6 Å². The van der Waals surface area contributed by atoms with Crippen molar-refractivity contribution in [3.05, 3.63) is 93.9 Å². The minimum Gasteiger partial charge on any atom is -0.502 e. The highest BCUT2D eigenvalue weighted by atomic mass is 16.5. The van der Waals surface area contributed by atoms with E-state index in [-0.39, 0.29) is 18.4 Å². The van der Waals surface area contributed by atoms with E-state index in [1.54, 1.807) is 23.8 Å². The lowest BCUT2D eigenvalue weighted by Crippen LogP contribution is -2.56. The Labute approximate surface area is 185 Å². The van der Waals surface area contributed by atoms with Crippen molar-refractivity contribution in [1.82, 2.24) is 9.58 Å². The molecule has 0 radical (unpaired) electrons. The van der Waals surface area contributed by atoms with Crippen molar-refractivity contribution < 1.29 is 19.4 Å². The lowest BCUT2D eigenvalue weighted by atomic mass is 9.98. The number of hydrogen-bond acceptors (Lipinski definition) is 6. The standard InChI is InChI=1S/C24H25N3O5/c1-31-15-14-25-16-27(26-13-12-20(28)23(29)22(26)24(25)30)21(17-6-4-3-5-7-17)18-8-10-19(32-2)11-9-18/h3-13,21,29H,14-16H2,1-2H3. The summed E-state index contributed by atoms with van der Waals surface area (Å²) in [5.41, 5.74) is 1.29. The monoisotopic (exact) mass is 435 g/mol. The molecule has 1 aliphatic heterocycles. The van der Waals surface area contributed by atoms with Crippen molar-refractivity contribution >= 4 is 5.91 Å². The van der Waals surface area contributed by atoms with Gasteiger partial charge >= 0.3 is 0 Å². The van der Waals surface area contributed by atoms with Gasteiger partial charge in [-0.15, -0.1) is 0 Å². The van der Waals surface area contributed by atoms with Crippen LogP contribution in [0.25, 0.3) is 0 Å². The molecule has 0 fully saturated rings. The first kappa shape index (κ1) is 21.5. The number of aromatic nitrogens is 1. The number of pyridine rings is 1. The van der Waals surface area contributed by atoms with Gasteiger partial charge in [-0.1, -0.05) is 42.5 Å². The molecule has 1 N–H and O–H groups in total. The van der Waals surface area contributed by atoms with Crippen LogP contribution in [0.5, 0.6) is 11.5 Å². The van der Waals surface area contributed by atoms with E-state index in [1.165, 1.54) is 12.3 Å². The zero-order valence-corrected chi connectivity index (χ0v) is 18.0. The number of fused-ring (bicyclic) bond motifs is 1. The van der Waals surface area contributed by atoms with Crippen LogP contribution in [0.1, 0.15) is 27.7 Å². The molecule has 32 heavy (non-hydrogen) atoms. The molecule has 0 aliphatic carbocycles. The molecule has 1 unspecified atom stereocenters. The summed E-state index contributed by atoms with van der Waals surface area (Å²) >= 11 is 0. The predicted molar refractivity (Wildman–Crippen MR) is 120 cm³/mol. The normalized spacial score (nSPS) is 14.2. The number of amides is 1. The molecule has 166 valence electrons. The van der Waals surface area contributed by atoms with E-state index in [9.17, 15) is 14.7 Å². The number of hydrogen-bond donors (Lipinski definition) is 1. The largest absolute Gasteiger partial charge is 0.502 e. The molecule has 2 aromatic carbocycles. The fraction of sp³-hybridized carbons (Fsp3) is 0.250. The van der Waals surface area contributed by atoms with E-state index in [0.717, 1.165) is 16.9 Å². The van der Waals surface area contributed by atoms with Crippen LogP contribution in [0, 0.1) is 0 Å². The van der Waals surface area contributed by atoms with Crippen molar-refractivity contribution in [1.29, 1.82) is 0 Å². The number of carbonyl (C=O) groups is 1. The van der Waals surface area contributed by atoms with Crippen LogP contribution in [0.15, 0.2) is 71.7 Å². The highest BCUT2D eigenvalue weighted by molar-refractivity contribution is 5.96. The highest BCUT2D eigenvalue weighted by Crippen LogP contribution is 2.32. The van der Waals surface area contributed by atoms with Crippen molar-refractivity contribution in [2.75, 3.05) is 39.0 Å². The number of methoxy groups -OCH3 is 2. The van der Waals surface area contributed by atoms with Crippen LogP contribution in [0.3, 0.4) is 0 Å². The average molecular weight is 435 g/mol. The summed E-state index contributed by atoms with van der Waals surface area (Å²) in [6.45, 7) is 0.886. The number of benzene rings is 2. The summed E-state index contributed by atoms with van der Waals surface area (Å²) in [5, 5.41) is 12.5. The molecule has 0 saturated heterocycles. The third-order valence-corrected chi connectivity index (χ3v) is 5.55. The van der Waals surface area contributed by atoms with Crippen molar-refractivity contribution in [2.45, 2.75) is 6.04 Å². The van der Waals surface area contributed by atoms with Gasteiger partial charge in [-0.3, -0.25) is 19.3 Å².